The van der Waals surface area contributed by atoms with E-state index in [-0.39, 0.29) is 29.9 Å². The minimum atomic E-state index is -0.703. The maximum absolute atomic E-state index is 13.4. The predicted molar refractivity (Wildman–Crippen MR) is 142 cm³/mol. The number of ether oxygens (including phenoxy) is 2. The Hall–Kier alpha value is -3.12. The molecule has 1 atom stereocenters. The molecule has 0 saturated carbocycles. The summed E-state index contributed by atoms with van der Waals surface area (Å²) in [6.45, 7) is 14.6. The first-order chi connectivity index (χ1) is 17.0. The predicted octanol–water partition coefficient (Wildman–Crippen LogP) is 6.10. The van der Waals surface area contributed by atoms with Crippen molar-refractivity contribution in [2.24, 2.45) is 0 Å². The number of aliphatic hydroxyl groups is 1. The molecule has 1 heterocycles. The molecule has 1 aliphatic rings. The summed E-state index contributed by atoms with van der Waals surface area (Å²) < 4.78 is 11.2. The van der Waals surface area contributed by atoms with Crippen molar-refractivity contribution in [2.75, 3.05) is 20.3 Å². The van der Waals surface area contributed by atoms with Crippen molar-refractivity contribution in [1.82, 2.24) is 4.90 Å². The highest BCUT2D eigenvalue weighted by Crippen LogP contribution is 2.41. The molecule has 2 aromatic carbocycles. The van der Waals surface area contributed by atoms with Crippen molar-refractivity contribution in [3.05, 3.63) is 69.8 Å². The van der Waals surface area contributed by atoms with E-state index in [1.807, 2.05) is 71.0 Å². The lowest BCUT2D eigenvalue weighted by atomic mass is 9.90. The molecule has 1 unspecified atom stereocenters. The number of rotatable bonds is 9. The molecular formula is C30H39NO5. The van der Waals surface area contributed by atoms with Gasteiger partial charge in [0.1, 0.15) is 11.5 Å². The minimum absolute atomic E-state index is 0.00185. The van der Waals surface area contributed by atoms with Gasteiger partial charge in [0, 0.05) is 12.1 Å². The van der Waals surface area contributed by atoms with E-state index in [0.717, 1.165) is 28.0 Å². The lowest BCUT2D eigenvalue weighted by Crippen LogP contribution is -2.33. The zero-order valence-corrected chi connectivity index (χ0v) is 22.7. The molecule has 0 spiro atoms. The number of amides is 1. The third-order valence-electron chi connectivity index (χ3n) is 6.70. The number of nitrogens with zero attached hydrogens (tertiary/aromatic N) is 1. The molecule has 1 aliphatic heterocycles. The molecule has 1 fully saturated rings. The number of hydrogen-bond acceptors (Lipinski definition) is 5. The van der Waals surface area contributed by atoms with Crippen LogP contribution in [-0.4, -0.2) is 48.1 Å². The summed E-state index contributed by atoms with van der Waals surface area (Å²) >= 11 is 0. The van der Waals surface area contributed by atoms with Crippen molar-refractivity contribution in [2.45, 2.75) is 72.4 Å². The van der Waals surface area contributed by atoms with Gasteiger partial charge in [-0.25, -0.2) is 0 Å². The Labute approximate surface area is 214 Å². The first-order valence-corrected chi connectivity index (χ1v) is 12.7. The summed E-state index contributed by atoms with van der Waals surface area (Å²) in [4.78, 5) is 28.1. The first-order valence-electron chi connectivity index (χ1n) is 12.7. The minimum Gasteiger partial charge on any atom is -0.507 e. The molecule has 1 amide bonds. The SMILES string of the molecule is COc1cc(C)c(/C(O)=C2\C(=O)C(=O)N(CCOC(C)C)C2c2ccc(C(C)C)cc2)cc1C(C)C. The van der Waals surface area contributed by atoms with E-state index in [1.165, 1.54) is 4.90 Å². The van der Waals surface area contributed by atoms with Gasteiger partial charge in [-0.05, 0) is 67.0 Å². The van der Waals surface area contributed by atoms with Gasteiger partial charge in [-0.15, -0.1) is 0 Å². The van der Waals surface area contributed by atoms with Crippen LogP contribution in [0.2, 0.25) is 0 Å². The smallest absolute Gasteiger partial charge is 0.295 e. The Morgan fingerprint density at radius 3 is 2.17 bits per heavy atom. The Morgan fingerprint density at radius 1 is 1.00 bits per heavy atom. The van der Waals surface area contributed by atoms with Gasteiger partial charge < -0.3 is 19.5 Å². The molecule has 0 bridgehead atoms. The molecule has 2 aromatic rings. The van der Waals surface area contributed by atoms with E-state index >= 15 is 0 Å². The highest BCUT2D eigenvalue weighted by atomic mass is 16.5. The van der Waals surface area contributed by atoms with Gasteiger partial charge in [0.05, 0.1) is 31.4 Å². The van der Waals surface area contributed by atoms with E-state index in [9.17, 15) is 14.7 Å². The van der Waals surface area contributed by atoms with Crippen molar-refractivity contribution < 1.29 is 24.2 Å². The van der Waals surface area contributed by atoms with E-state index in [0.29, 0.717) is 18.1 Å². The van der Waals surface area contributed by atoms with Crippen molar-refractivity contribution >= 4 is 17.4 Å². The van der Waals surface area contributed by atoms with Crippen molar-refractivity contribution in [3.63, 3.8) is 0 Å². The third kappa shape index (κ3) is 5.49. The summed E-state index contributed by atoms with van der Waals surface area (Å²) in [5, 5.41) is 11.6. The zero-order chi connectivity index (χ0) is 26.7. The van der Waals surface area contributed by atoms with Gasteiger partial charge in [0.15, 0.2) is 0 Å². The lowest BCUT2D eigenvalue weighted by Gasteiger charge is -2.26. The number of aliphatic hydroxyl groups excluding tert-OH is 1. The number of benzene rings is 2. The molecule has 36 heavy (non-hydrogen) atoms. The van der Waals surface area contributed by atoms with Gasteiger partial charge >= 0.3 is 0 Å². The maximum Gasteiger partial charge on any atom is 0.295 e. The van der Waals surface area contributed by atoms with Gasteiger partial charge in [0.2, 0.25) is 0 Å². The van der Waals surface area contributed by atoms with Crippen LogP contribution in [0.1, 0.15) is 87.2 Å². The van der Waals surface area contributed by atoms with Crippen LogP contribution in [0.5, 0.6) is 5.75 Å². The van der Waals surface area contributed by atoms with E-state index in [4.69, 9.17) is 9.47 Å². The van der Waals surface area contributed by atoms with Gasteiger partial charge in [-0.3, -0.25) is 9.59 Å². The molecule has 194 valence electrons. The number of hydrogen-bond donors (Lipinski definition) is 1. The molecule has 0 aromatic heterocycles. The lowest BCUT2D eigenvalue weighted by molar-refractivity contribution is -0.140. The van der Waals surface area contributed by atoms with E-state index < -0.39 is 17.7 Å². The number of Topliss-reactive ketones (excluding diaryl/α,β-unsaturated/α-hetero) is 1. The Balaban J connectivity index is 2.19. The quantitative estimate of drug-likeness (QED) is 0.260. The number of likely N-dealkylation sites (tertiary alicyclic amines) is 1. The van der Waals surface area contributed by atoms with E-state index in [1.54, 1.807) is 7.11 Å². The number of aryl methyl sites for hydroxylation is 1. The van der Waals surface area contributed by atoms with Crippen molar-refractivity contribution in [1.29, 1.82) is 0 Å². The van der Waals surface area contributed by atoms with Crippen LogP contribution < -0.4 is 4.74 Å². The van der Waals surface area contributed by atoms with Crippen LogP contribution in [0.25, 0.3) is 5.76 Å². The third-order valence-corrected chi connectivity index (χ3v) is 6.70. The van der Waals surface area contributed by atoms with Crippen molar-refractivity contribution in [3.8, 4) is 5.75 Å². The number of ketones is 1. The Morgan fingerprint density at radius 2 is 1.64 bits per heavy atom. The summed E-state index contributed by atoms with van der Waals surface area (Å²) in [5.74, 6) is -0.261. The molecule has 1 N–H and O–H groups in total. The maximum atomic E-state index is 13.4. The normalized spacial score (nSPS) is 17.6. The summed E-state index contributed by atoms with van der Waals surface area (Å²) in [5.41, 5.74) is 4.25. The summed E-state index contributed by atoms with van der Waals surface area (Å²) in [6, 6.07) is 10.9. The molecule has 3 rings (SSSR count). The second-order valence-corrected chi connectivity index (χ2v) is 10.3. The van der Waals surface area contributed by atoms with Gasteiger partial charge in [-0.1, -0.05) is 52.0 Å². The first kappa shape index (κ1) is 27.5. The summed E-state index contributed by atoms with van der Waals surface area (Å²) in [6.07, 6.45) is 0.00185. The average molecular weight is 494 g/mol. The molecule has 0 aliphatic carbocycles. The fourth-order valence-corrected chi connectivity index (χ4v) is 4.63. The van der Waals surface area contributed by atoms with Crippen LogP contribution in [0.4, 0.5) is 0 Å². The van der Waals surface area contributed by atoms with E-state index in [2.05, 4.69) is 13.8 Å². The fourth-order valence-electron chi connectivity index (χ4n) is 4.63. The van der Waals surface area contributed by atoms with Crippen LogP contribution in [0.3, 0.4) is 0 Å². The zero-order valence-electron chi connectivity index (χ0n) is 22.7. The Kier molecular flexibility index (Phi) is 8.62. The highest BCUT2D eigenvalue weighted by molar-refractivity contribution is 6.46. The highest BCUT2D eigenvalue weighted by Gasteiger charge is 2.46. The Bertz CT molecular complexity index is 1140. The molecule has 6 nitrogen and oxygen atoms in total. The average Bonchev–Trinajstić information content (AvgIpc) is 3.08. The number of carbonyl (C=O) groups is 2. The van der Waals surface area contributed by atoms with Gasteiger partial charge in [-0.2, -0.15) is 0 Å². The molecule has 1 saturated heterocycles. The number of carbonyl (C=O) groups excluding carboxylic acids is 2. The second kappa shape index (κ2) is 11.3. The fraction of sp³-hybridized carbons (Fsp3) is 0.467. The molecule has 0 radical (unpaired) electrons. The molecular weight excluding hydrogens is 454 g/mol. The van der Waals surface area contributed by atoms with Crippen LogP contribution in [-0.2, 0) is 14.3 Å². The topological polar surface area (TPSA) is 76.1 Å². The standard InChI is InChI=1S/C30H39NO5/c1-17(2)21-9-11-22(12-10-21)27-26(29(33)30(34)31(27)13-14-36-19(5)6)28(32)24-16-23(18(3)4)25(35-8)15-20(24)7/h9-12,15-19,27,32H,13-14H2,1-8H3/b28-26+. The van der Waals surface area contributed by atoms with Crippen LogP contribution in [0.15, 0.2) is 42.0 Å². The van der Waals surface area contributed by atoms with Gasteiger partial charge in [0.25, 0.3) is 11.7 Å². The summed E-state index contributed by atoms with van der Waals surface area (Å²) in [7, 11) is 1.62. The largest absolute Gasteiger partial charge is 0.507 e. The number of methoxy groups -OCH3 is 1. The monoisotopic (exact) mass is 493 g/mol. The second-order valence-electron chi connectivity index (χ2n) is 10.3. The molecule has 6 heteroatoms. The van der Waals surface area contributed by atoms with Crippen LogP contribution >= 0.6 is 0 Å². The van der Waals surface area contributed by atoms with Crippen LogP contribution in [0, 0.1) is 6.92 Å².